The molecule has 4 heterocycles. The molecular weight excluding hydrogens is 470 g/mol. The normalized spacial score (nSPS) is 28.5. The lowest BCUT2D eigenvalue weighted by Crippen LogP contribution is -2.58. The summed E-state index contributed by atoms with van der Waals surface area (Å²) in [5, 5.41) is 19.2. The van der Waals surface area contributed by atoms with Crippen molar-refractivity contribution in [2.75, 3.05) is 31.6 Å². The lowest BCUT2D eigenvalue weighted by Gasteiger charge is -2.45. The number of fused-ring (bicyclic) bond motifs is 1. The number of piperidine rings is 1. The molecule has 0 bridgehead atoms. The number of alkyl halides is 1. The van der Waals surface area contributed by atoms with Gasteiger partial charge in [-0.1, -0.05) is 23.2 Å². The minimum absolute atomic E-state index is 0.214. The fourth-order valence-corrected chi connectivity index (χ4v) is 5.16. The molecule has 2 aromatic heterocycles. The maximum atomic E-state index is 15.4. The molecule has 0 spiro atoms. The number of hydrogen-bond acceptors (Lipinski definition) is 7. The summed E-state index contributed by atoms with van der Waals surface area (Å²) in [7, 11) is 1.74. The minimum atomic E-state index is -1.13. The Morgan fingerprint density at radius 1 is 1.30 bits per heavy atom. The second-order valence-corrected chi connectivity index (χ2v) is 9.73. The van der Waals surface area contributed by atoms with Gasteiger partial charge in [-0.2, -0.15) is 5.10 Å². The largest absolute Gasteiger partial charge is 0.389 e. The highest BCUT2D eigenvalue weighted by molar-refractivity contribution is 6.32. The average molecular weight is 495 g/mol. The lowest BCUT2D eigenvalue weighted by molar-refractivity contribution is -0.0237. The third-order valence-corrected chi connectivity index (χ3v) is 7.64. The van der Waals surface area contributed by atoms with Crippen LogP contribution in [0.15, 0.2) is 24.5 Å². The molecule has 176 valence electrons. The van der Waals surface area contributed by atoms with E-state index >= 15 is 4.39 Å². The molecule has 2 aliphatic heterocycles. The van der Waals surface area contributed by atoms with E-state index in [1.54, 1.807) is 25.5 Å². The fourth-order valence-electron chi connectivity index (χ4n) is 4.71. The number of hydrogen-bond donors (Lipinski definition) is 2. The number of rotatable bonds is 4. The summed E-state index contributed by atoms with van der Waals surface area (Å²) in [6, 6.07) is 3.62. The van der Waals surface area contributed by atoms with Gasteiger partial charge in [0, 0.05) is 36.1 Å². The molecule has 0 radical (unpaired) electrons. The van der Waals surface area contributed by atoms with Crippen molar-refractivity contribution in [1.82, 2.24) is 24.6 Å². The first kappa shape index (κ1) is 22.7. The summed E-state index contributed by atoms with van der Waals surface area (Å²) in [4.78, 5) is 10.9. The maximum Gasteiger partial charge on any atom is 0.227 e. The van der Waals surface area contributed by atoms with Crippen molar-refractivity contribution in [3.63, 3.8) is 0 Å². The van der Waals surface area contributed by atoms with Crippen molar-refractivity contribution < 1.29 is 14.2 Å². The van der Waals surface area contributed by atoms with E-state index in [1.807, 2.05) is 17.9 Å². The van der Waals surface area contributed by atoms with Crippen LogP contribution in [-0.2, 0) is 11.8 Å². The predicted octanol–water partition coefficient (Wildman–Crippen LogP) is 3.69. The van der Waals surface area contributed by atoms with Crippen LogP contribution in [0.1, 0.15) is 24.8 Å². The minimum Gasteiger partial charge on any atom is -0.389 e. The van der Waals surface area contributed by atoms with Gasteiger partial charge in [0.2, 0.25) is 5.95 Å². The molecule has 0 amide bonds. The Bertz CT molecular complexity index is 1190. The van der Waals surface area contributed by atoms with E-state index < -0.39 is 17.8 Å². The Hall–Kier alpha value is -2.04. The van der Waals surface area contributed by atoms with E-state index in [0.29, 0.717) is 46.9 Å². The van der Waals surface area contributed by atoms with Crippen molar-refractivity contribution in [2.24, 2.45) is 7.05 Å². The first-order chi connectivity index (χ1) is 15.8. The van der Waals surface area contributed by atoms with Crippen LogP contribution < -0.4 is 5.32 Å². The molecule has 8 nitrogen and oxygen atoms in total. The summed E-state index contributed by atoms with van der Waals surface area (Å²) in [6.07, 6.45) is 2.09. The smallest absolute Gasteiger partial charge is 0.227 e. The van der Waals surface area contributed by atoms with Crippen LogP contribution in [0.5, 0.6) is 0 Å². The molecule has 3 unspecified atom stereocenters. The number of anilines is 2. The Balaban J connectivity index is 1.39. The van der Waals surface area contributed by atoms with Crippen LogP contribution in [-0.4, -0.2) is 73.9 Å². The molecule has 2 aliphatic rings. The highest BCUT2D eigenvalue weighted by Gasteiger charge is 2.47. The van der Waals surface area contributed by atoms with Crippen molar-refractivity contribution in [1.29, 1.82) is 0 Å². The summed E-state index contributed by atoms with van der Waals surface area (Å²) in [6.45, 7) is 3.47. The number of ether oxygens (including phenoxy) is 1. The zero-order valence-electron chi connectivity index (χ0n) is 18.3. The lowest BCUT2D eigenvalue weighted by atomic mass is 9.84. The van der Waals surface area contributed by atoms with E-state index in [9.17, 15) is 5.11 Å². The summed E-state index contributed by atoms with van der Waals surface area (Å²) in [5.74, 6) is 0.000734. The van der Waals surface area contributed by atoms with Crippen LogP contribution in [0.25, 0.3) is 10.9 Å². The van der Waals surface area contributed by atoms with Gasteiger partial charge in [0.15, 0.2) is 0 Å². The second kappa shape index (κ2) is 8.63. The van der Waals surface area contributed by atoms with E-state index in [-0.39, 0.29) is 19.1 Å². The number of halogens is 3. The van der Waals surface area contributed by atoms with Crippen LogP contribution in [0.3, 0.4) is 0 Å². The summed E-state index contributed by atoms with van der Waals surface area (Å²) < 4.78 is 22.4. The third-order valence-electron chi connectivity index (χ3n) is 6.86. The first-order valence-corrected chi connectivity index (χ1v) is 11.6. The highest BCUT2D eigenvalue weighted by atomic mass is 35.5. The van der Waals surface area contributed by atoms with Gasteiger partial charge in [-0.25, -0.2) is 14.4 Å². The quantitative estimate of drug-likeness (QED) is 0.571. The van der Waals surface area contributed by atoms with Crippen molar-refractivity contribution in [3.05, 3.63) is 40.3 Å². The standard InChI is InChI=1S/C22H25Cl2FN6O2/c1-22(11-33-10-19(22)32)31-4-3-13(16(25)9-31)14-6-17-12(5-15(14)23)7-26-21(28-17)29-18-8-27-30(2)20(18)24/h5-8,13,16,19,32H,3-4,9-11H2,1-2H3,(H,26,28,29)/t13?,16?,19-,22?/m1/s1. The molecule has 2 saturated heterocycles. The van der Waals surface area contributed by atoms with Crippen LogP contribution in [0.4, 0.5) is 16.0 Å². The van der Waals surface area contributed by atoms with Crippen molar-refractivity contribution in [2.45, 2.75) is 37.1 Å². The molecule has 0 saturated carbocycles. The van der Waals surface area contributed by atoms with Gasteiger partial charge in [-0.3, -0.25) is 9.58 Å². The van der Waals surface area contributed by atoms with Crippen molar-refractivity contribution in [3.8, 4) is 0 Å². The van der Waals surface area contributed by atoms with Gasteiger partial charge in [0.1, 0.15) is 11.3 Å². The van der Waals surface area contributed by atoms with Gasteiger partial charge in [-0.05, 0) is 37.6 Å². The number of aromatic nitrogens is 4. The van der Waals surface area contributed by atoms with Crippen LogP contribution in [0, 0.1) is 0 Å². The maximum absolute atomic E-state index is 15.4. The molecule has 1 aromatic carbocycles. The Kier molecular flexibility index (Phi) is 5.95. The molecule has 11 heteroatoms. The predicted molar refractivity (Wildman–Crippen MR) is 125 cm³/mol. The molecular formula is C22H25Cl2FN6O2. The van der Waals surface area contributed by atoms with Crippen molar-refractivity contribution >= 4 is 45.7 Å². The monoisotopic (exact) mass is 494 g/mol. The number of likely N-dealkylation sites (tertiary alicyclic amines) is 1. The van der Waals surface area contributed by atoms with E-state index in [2.05, 4.69) is 20.4 Å². The fraction of sp³-hybridized carbons (Fsp3) is 0.500. The molecule has 2 N–H and O–H groups in total. The van der Waals surface area contributed by atoms with Gasteiger partial charge in [0.05, 0.1) is 42.3 Å². The Morgan fingerprint density at radius 3 is 2.79 bits per heavy atom. The van der Waals surface area contributed by atoms with E-state index in [4.69, 9.17) is 27.9 Å². The summed E-state index contributed by atoms with van der Waals surface area (Å²) >= 11 is 12.8. The van der Waals surface area contributed by atoms with E-state index in [0.717, 1.165) is 10.9 Å². The Labute approximate surface area is 200 Å². The first-order valence-electron chi connectivity index (χ1n) is 10.8. The zero-order valence-corrected chi connectivity index (χ0v) is 19.8. The molecule has 2 fully saturated rings. The molecule has 3 aromatic rings. The van der Waals surface area contributed by atoms with Gasteiger partial charge in [-0.15, -0.1) is 0 Å². The number of aliphatic hydroxyl groups is 1. The number of aliphatic hydroxyl groups excluding tert-OH is 1. The number of benzene rings is 1. The molecule has 0 aliphatic carbocycles. The van der Waals surface area contributed by atoms with Gasteiger partial charge >= 0.3 is 0 Å². The van der Waals surface area contributed by atoms with E-state index in [1.165, 1.54) is 4.68 Å². The number of nitrogens with zero attached hydrogens (tertiary/aromatic N) is 5. The summed E-state index contributed by atoms with van der Waals surface area (Å²) in [5.41, 5.74) is 1.42. The number of nitrogens with one attached hydrogen (secondary N) is 1. The molecule has 33 heavy (non-hydrogen) atoms. The Morgan fingerprint density at radius 2 is 2.12 bits per heavy atom. The number of aryl methyl sites for hydroxylation is 1. The van der Waals surface area contributed by atoms with Crippen LogP contribution >= 0.6 is 23.2 Å². The highest BCUT2D eigenvalue weighted by Crippen LogP contribution is 2.39. The molecule has 4 atom stereocenters. The van der Waals surface area contributed by atoms with Crippen LogP contribution in [0.2, 0.25) is 10.2 Å². The second-order valence-electron chi connectivity index (χ2n) is 8.97. The SMILES string of the molecule is Cn1ncc(Nc2ncc3cc(Cl)c(C4CCN(C5(C)COC[C@H]5O)CC4F)cc3n2)c1Cl. The average Bonchev–Trinajstić information content (AvgIpc) is 3.30. The van der Waals surface area contributed by atoms with Gasteiger partial charge < -0.3 is 15.2 Å². The zero-order chi connectivity index (χ0) is 23.3. The topological polar surface area (TPSA) is 88.3 Å². The van der Waals surface area contributed by atoms with Gasteiger partial charge in [0.25, 0.3) is 0 Å². The molecule has 5 rings (SSSR count). The third kappa shape index (κ3) is 4.06.